The molecule has 0 fully saturated rings. The number of carbonyl (C=O) groups excluding carboxylic acids is 1. The van der Waals surface area contributed by atoms with Gasteiger partial charge in [0.25, 0.3) is 5.91 Å². The Hall–Kier alpha value is -4.12. The summed E-state index contributed by atoms with van der Waals surface area (Å²) < 4.78 is 15.5. The third kappa shape index (κ3) is 4.03. The number of carbonyl (C=O) groups is 1. The zero-order valence-corrected chi connectivity index (χ0v) is 21.3. The number of alkyl halides is 1. The number of H-pyrrole nitrogens is 1. The molecule has 1 aliphatic carbocycles. The fourth-order valence-corrected chi connectivity index (χ4v) is 6.39. The lowest BCUT2D eigenvalue weighted by molar-refractivity contribution is 0.0732. The quantitative estimate of drug-likeness (QED) is 0.345. The van der Waals surface area contributed by atoms with Gasteiger partial charge in [-0.05, 0) is 42.2 Å². The fraction of sp³-hybridized carbons (Fsp3) is 0.296. The Balaban J connectivity index is 1.14. The number of nitrogens with zero attached hydrogens (tertiary/aromatic N) is 6. The van der Waals surface area contributed by atoms with Gasteiger partial charge in [-0.1, -0.05) is 35.6 Å². The smallest absolute Gasteiger partial charge is 0.254 e. The summed E-state index contributed by atoms with van der Waals surface area (Å²) >= 11 is 1.52. The van der Waals surface area contributed by atoms with Crippen molar-refractivity contribution in [3.8, 4) is 10.7 Å². The van der Waals surface area contributed by atoms with E-state index in [9.17, 15) is 9.18 Å². The van der Waals surface area contributed by atoms with E-state index >= 15 is 0 Å². The second-order valence-electron chi connectivity index (χ2n) is 9.72. The third-order valence-electron chi connectivity index (χ3n) is 7.36. The first-order valence-electron chi connectivity index (χ1n) is 12.7. The van der Waals surface area contributed by atoms with Crippen LogP contribution in [-0.4, -0.2) is 60.0 Å². The number of thiazole rings is 1. The van der Waals surface area contributed by atoms with E-state index in [0.29, 0.717) is 42.5 Å². The number of hydrogen-bond donors (Lipinski definition) is 2. The van der Waals surface area contributed by atoms with Crippen molar-refractivity contribution < 1.29 is 9.18 Å². The molecule has 2 aliphatic rings. The van der Waals surface area contributed by atoms with Gasteiger partial charge in [-0.25, -0.2) is 14.4 Å². The van der Waals surface area contributed by atoms with Crippen LogP contribution in [0.1, 0.15) is 32.9 Å². The Bertz CT molecular complexity index is 1630. The molecule has 2 N–H and O–H groups in total. The van der Waals surface area contributed by atoms with Crippen LogP contribution in [0.4, 0.5) is 9.52 Å². The van der Waals surface area contributed by atoms with Gasteiger partial charge < -0.3 is 14.8 Å². The molecule has 0 radical (unpaired) electrons. The maximum absolute atomic E-state index is 13.6. The number of imidazole rings is 1. The van der Waals surface area contributed by atoms with Gasteiger partial charge in [-0.2, -0.15) is 15.4 Å². The van der Waals surface area contributed by atoms with Crippen LogP contribution in [0.5, 0.6) is 0 Å². The van der Waals surface area contributed by atoms with Crippen molar-refractivity contribution >= 4 is 33.4 Å². The Labute approximate surface area is 221 Å². The summed E-state index contributed by atoms with van der Waals surface area (Å²) in [6, 6.07) is 14.3. The highest BCUT2D eigenvalue weighted by Crippen LogP contribution is 2.33. The van der Waals surface area contributed by atoms with Gasteiger partial charge in [0.05, 0.1) is 40.9 Å². The van der Waals surface area contributed by atoms with E-state index in [-0.39, 0.29) is 12.5 Å². The predicted octanol–water partition coefficient (Wildman–Crippen LogP) is 4.03. The van der Waals surface area contributed by atoms with Gasteiger partial charge in [0.2, 0.25) is 0 Å². The Morgan fingerprint density at radius 1 is 1.13 bits per heavy atom. The SMILES string of the molecule is O=C(c1ccc2c(c1)nc(-c1cnc(NC3Cc4ccccc4C3)s1)n2CCF)N1CCc2n[nH]nc2C1. The van der Waals surface area contributed by atoms with Crippen LogP contribution in [0.3, 0.4) is 0 Å². The van der Waals surface area contributed by atoms with Crippen LogP contribution in [0.15, 0.2) is 48.7 Å². The highest BCUT2D eigenvalue weighted by atomic mass is 32.1. The number of aryl methyl sites for hydroxylation is 1. The summed E-state index contributed by atoms with van der Waals surface area (Å²) in [6.45, 7) is 0.670. The molecule has 0 bridgehead atoms. The van der Waals surface area contributed by atoms with E-state index in [0.717, 1.165) is 39.8 Å². The highest BCUT2D eigenvalue weighted by Gasteiger charge is 2.26. The largest absolute Gasteiger partial charge is 0.358 e. The summed E-state index contributed by atoms with van der Waals surface area (Å²) in [7, 11) is 0. The first-order valence-corrected chi connectivity index (χ1v) is 13.5. The zero-order chi connectivity index (χ0) is 25.6. The van der Waals surface area contributed by atoms with Crippen molar-refractivity contribution in [3.05, 3.63) is 76.7 Å². The van der Waals surface area contributed by atoms with E-state index < -0.39 is 6.67 Å². The first-order chi connectivity index (χ1) is 18.7. The van der Waals surface area contributed by atoms with E-state index in [2.05, 4.69) is 50.0 Å². The average Bonchev–Trinajstić information content (AvgIpc) is 3.73. The minimum atomic E-state index is -0.517. The van der Waals surface area contributed by atoms with E-state index in [1.807, 2.05) is 10.6 Å². The number of rotatable bonds is 6. The number of nitrogens with one attached hydrogen (secondary N) is 2. The number of anilines is 1. The minimum Gasteiger partial charge on any atom is -0.358 e. The van der Waals surface area contributed by atoms with Crippen LogP contribution >= 0.6 is 11.3 Å². The molecule has 3 aromatic heterocycles. The molecule has 192 valence electrons. The topological polar surface area (TPSA) is 105 Å². The van der Waals surface area contributed by atoms with E-state index in [4.69, 9.17) is 4.98 Å². The van der Waals surface area contributed by atoms with Crippen LogP contribution < -0.4 is 5.32 Å². The van der Waals surface area contributed by atoms with Gasteiger partial charge >= 0.3 is 0 Å². The summed E-state index contributed by atoms with van der Waals surface area (Å²) in [5, 5.41) is 15.3. The molecular formula is C27H25FN8OS. The summed E-state index contributed by atoms with van der Waals surface area (Å²) in [6.07, 6.45) is 4.40. The van der Waals surface area contributed by atoms with Crippen molar-refractivity contribution in [1.29, 1.82) is 0 Å². The number of aromatic amines is 1. The molecule has 0 saturated carbocycles. The molecule has 0 saturated heterocycles. The van der Waals surface area contributed by atoms with Gasteiger partial charge in [0.15, 0.2) is 11.0 Å². The molecule has 38 heavy (non-hydrogen) atoms. The zero-order valence-electron chi connectivity index (χ0n) is 20.5. The van der Waals surface area contributed by atoms with Crippen LogP contribution in [-0.2, 0) is 32.4 Å². The van der Waals surface area contributed by atoms with E-state index in [1.54, 1.807) is 23.2 Å². The standard InChI is InChI=1S/C27H25FN8OS/c28-8-10-36-23-6-5-18(26(37)35-9-7-20-22(15-35)33-34-32-20)13-21(23)31-25(36)24-14-29-27(38-24)30-19-11-16-3-1-2-4-17(16)12-19/h1-6,13-14,19H,7-12,15H2,(H,29,30)(H,32,33,34). The van der Waals surface area contributed by atoms with Crippen molar-refractivity contribution in [3.63, 3.8) is 0 Å². The van der Waals surface area contributed by atoms with Crippen LogP contribution in [0.25, 0.3) is 21.7 Å². The third-order valence-corrected chi connectivity index (χ3v) is 8.28. The molecule has 0 spiro atoms. The van der Waals surface area contributed by atoms with Gasteiger partial charge in [-0.3, -0.25) is 4.79 Å². The monoisotopic (exact) mass is 528 g/mol. The lowest BCUT2D eigenvalue weighted by Gasteiger charge is -2.25. The molecule has 5 aromatic rings. The Kier molecular flexibility index (Phi) is 5.65. The van der Waals surface area contributed by atoms with Crippen LogP contribution in [0.2, 0.25) is 0 Å². The maximum atomic E-state index is 13.6. The molecule has 1 amide bonds. The number of benzene rings is 2. The van der Waals surface area contributed by atoms with Gasteiger partial charge in [-0.15, -0.1) is 0 Å². The van der Waals surface area contributed by atoms with Crippen LogP contribution in [0, 0.1) is 0 Å². The minimum absolute atomic E-state index is 0.0797. The summed E-state index contributed by atoms with van der Waals surface area (Å²) in [5.41, 5.74) is 6.47. The number of amides is 1. The van der Waals surface area contributed by atoms with Crippen molar-refractivity contribution in [2.75, 3.05) is 18.5 Å². The molecular weight excluding hydrogens is 503 g/mol. The summed E-state index contributed by atoms with van der Waals surface area (Å²) in [4.78, 5) is 25.3. The van der Waals surface area contributed by atoms with E-state index in [1.165, 1.54) is 22.5 Å². The number of halogens is 1. The number of hydrogen-bond acceptors (Lipinski definition) is 7. The number of fused-ring (bicyclic) bond motifs is 3. The maximum Gasteiger partial charge on any atom is 0.254 e. The van der Waals surface area contributed by atoms with Crippen molar-refractivity contribution in [2.24, 2.45) is 0 Å². The molecule has 1 aliphatic heterocycles. The molecule has 0 unspecified atom stereocenters. The van der Waals surface area contributed by atoms with Crippen molar-refractivity contribution in [2.45, 2.75) is 38.4 Å². The van der Waals surface area contributed by atoms with Gasteiger partial charge in [0, 0.05) is 24.6 Å². The first kappa shape index (κ1) is 23.0. The fourth-order valence-electron chi connectivity index (χ4n) is 5.50. The van der Waals surface area contributed by atoms with Crippen molar-refractivity contribution in [1.82, 2.24) is 34.8 Å². The second-order valence-corrected chi connectivity index (χ2v) is 10.8. The van der Waals surface area contributed by atoms with Gasteiger partial charge in [0.1, 0.15) is 12.4 Å². The molecule has 4 heterocycles. The number of aromatic nitrogens is 6. The lowest BCUT2D eigenvalue weighted by atomic mass is 10.1. The Morgan fingerprint density at radius 3 is 2.76 bits per heavy atom. The highest BCUT2D eigenvalue weighted by molar-refractivity contribution is 7.18. The normalized spacial score (nSPS) is 15.1. The molecule has 9 nitrogen and oxygen atoms in total. The summed E-state index contributed by atoms with van der Waals surface area (Å²) in [5.74, 6) is 0.580. The second kappa shape index (κ2) is 9.32. The molecule has 2 aromatic carbocycles. The average molecular weight is 529 g/mol. The Morgan fingerprint density at radius 2 is 1.95 bits per heavy atom. The predicted molar refractivity (Wildman–Crippen MR) is 143 cm³/mol. The molecule has 11 heteroatoms. The molecule has 0 atom stereocenters. The molecule has 7 rings (SSSR count). The lowest BCUT2D eigenvalue weighted by Crippen LogP contribution is -2.36.